The van der Waals surface area contributed by atoms with Gasteiger partial charge in [-0.25, -0.2) is 0 Å². The van der Waals surface area contributed by atoms with Crippen LogP contribution in [0.1, 0.15) is 66.0 Å². The van der Waals surface area contributed by atoms with E-state index in [1.807, 2.05) is 71.0 Å². The van der Waals surface area contributed by atoms with E-state index in [1.165, 1.54) is 5.56 Å². The molecule has 27 heavy (non-hydrogen) atoms. The Morgan fingerprint density at radius 2 is 1.26 bits per heavy atom. The van der Waals surface area contributed by atoms with E-state index in [-0.39, 0.29) is 43.9 Å². The summed E-state index contributed by atoms with van der Waals surface area (Å²) in [6.07, 6.45) is 0.263. The summed E-state index contributed by atoms with van der Waals surface area (Å²) in [5.41, 5.74) is 2.15. The monoisotopic (exact) mass is 449 g/mol. The van der Waals surface area contributed by atoms with Crippen LogP contribution < -0.4 is 4.74 Å². The zero-order valence-electron chi connectivity index (χ0n) is 18.0. The van der Waals surface area contributed by atoms with Crippen LogP contribution in [0, 0.1) is 0 Å². The van der Waals surface area contributed by atoms with Crippen molar-refractivity contribution < 1.29 is 47.7 Å². The van der Waals surface area contributed by atoms with Gasteiger partial charge in [0.25, 0.3) is 0 Å². The number of aromatic hydroxyl groups is 1. The van der Waals surface area contributed by atoms with E-state index in [0.29, 0.717) is 13.0 Å². The number of rotatable bonds is 6. The second-order valence-corrected chi connectivity index (χ2v) is 6.07. The molecule has 3 nitrogen and oxygen atoms in total. The first kappa shape index (κ1) is 28.3. The van der Waals surface area contributed by atoms with Crippen molar-refractivity contribution in [3.63, 3.8) is 0 Å². The van der Waals surface area contributed by atoms with Gasteiger partial charge in [-0.1, -0.05) is 72.7 Å². The quantitative estimate of drug-likeness (QED) is 0.576. The minimum Gasteiger partial charge on any atom is -0.508 e. The molecule has 0 saturated heterocycles. The summed E-state index contributed by atoms with van der Waals surface area (Å²) in [6.45, 7) is 14.5. The van der Waals surface area contributed by atoms with Gasteiger partial charge < -0.3 is 14.9 Å². The number of aliphatic hydroxyl groups is 1. The Labute approximate surface area is 191 Å². The molecule has 0 spiro atoms. The summed E-state index contributed by atoms with van der Waals surface area (Å²) < 4.78 is 5.56. The van der Waals surface area contributed by atoms with Crippen molar-refractivity contribution >= 4 is 0 Å². The van der Waals surface area contributed by atoms with Crippen molar-refractivity contribution in [2.24, 2.45) is 0 Å². The third-order valence-electron chi connectivity index (χ3n) is 4.08. The van der Waals surface area contributed by atoms with E-state index in [4.69, 9.17) is 4.74 Å². The summed E-state index contributed by atoms with van der Waals surface area (Å²) in [5.74, 6) is 1.04. The SMILES string of the molecule is CC.CC.CCC(O)COc1ccc(C(C)(C)c2ccc(O)cc2)cc1.[Y]. The third-order valence-corrected chi connectivity index (χ3v) is 4.08. The molecule has 1 unspecified atom stereocenters. The zero-order chi connectivity index (χ0) is 20.2. The van der Waals surface area contributed by atoms with Crippen LogP contribution in [0.3, 0.4) is 0 Å². The van der Waals surface area contributed by atoms with Crippen molar-refractivity contribution in [1.29, 1.82) is 0 Å². The summed E-state index contributed by atoms with van der Waals surface area (Å²) in [5, 5.41) is 18.9. The first-order valence-electron chi connectivity index (χ1n) is 9.64. The Balaban J connectivity index is 0. The Bertz CT molecular complexity index is 592. The fourth-order valence-electron chi connectivity index (χ4n) is 2.32. The first-order chi connectivity index (χ1) is 12.4. The van der Waals surface area contributed by atoms with Gasteiger partial charge in [-0.05, 0) is 41.8 Å². The van der Waals surface area contributed by atoms with Crippen molar-refractivity contribution in [3.8, 4) is 11.5 Å². The standard InChI is InChI=1S/C19H24O3.2C2H6.Y/c1-4-16(20)13-22-18-11-7-15(8-12-18)19(2,3)14-5-9-17(21)10-6-14;2*1-2;/h5-12,16,20-21H,4,13H2,1-3H3;2*1-2H3;. The number of phenolic OH excluding ortho intramolecular Hbond substituents is 1. The molecular weight excluding hydrogens is 413 g/mol. The molecular formula is C23H36O3Y. The third kappa shape index (κ3) is 9.23. The molecule has 0 aliphatic carbocycles. The van der Waals surface area contributed by atoms with E-state index >= 15 is 0 Å². The van der Waals surface area contributed by atoms with E-state index in [0.717, 1.165) is 11.3 Å². The summed E-state index contributed by atoms with van der Waals surface area (Å²) in [6, 6.07) is 15.2. The molecule has 2 aromatic carbocycles. The molecule has 1 atom stereocenters. The maximum atomic E-state index is 9.53. The summed E-state index contributed by atoms with van der Waals surface area (Å²) in [4.78, 5) is 0. The minimum absolute atomic E-state index is 0. The molecule has 0 heterocycles. The van der Waals surface area contributed by atoms with E-state index in [1.54, 1.807) is 12.1 Å². The maximum absolute atomic E-state index is 9.53. The smallest absolute Gasteiger partial charge is 0.119 e. The number of hydrogen-bond acceptors (Lipinski definition) is 3. The number of phenols is 1. The molecule has 0 aliphatic rings. The molecule has 0 fully saturated rings. The Morgan fingerprint density at radius 1 is 0.852 bits per heavy atom. The van der Waals surface area contributed by atoms with Crippen molar-refractivity contribution in [3.05, 3.63) is 59.7 Å². The maximum Gasteiger partial charge on any atom is 0.119 e. The van der Waals surface area contributed by atoms with Gasteiger partial charge in [0.05, 0.1) is 6.10 Å². The number of ether oxygens (including phenoxy) is 1. The van der Waals surface area contributed by atoms with Crippen LogP contribution >= 0.6 is 0 Å². The van der Waals surface area contributed by atoms with Crippen molar-refractivity contribution in [2.45, 2.75) is 66.4 Å². The normalized spacial score (nSPS) is 11.0. The number of benzene rings is 2. The topological polar surface area (TPSA) is 49.7 Å². The van der Waals surface area contributed by atoms with Gasteiger partial charge in [0.2, 0.25) is 0 Å². The van der Waals surface area contributed by atoms with Gasteiger partial charge in [0.1, 0.15) is 18.1 Å². The molecule has 149 valence electrons. The Hall–Kier alpha value is -0.896. The number of aliphatic hydroxyl groups excluding tert-OH is 1. The Kier molecular flexibility index (Phi) is 15.8. The van der Waals surface area contributed by atoms with Crippen LogP contribution in [-0.4, -0.2) is 22.9 Å². The summed E-state index contributed by atoms with van der Waals surface area (Å²) >= 11 is 0. The van der Waals surface area contributed by atoms with Crippen molar-refractivity contribution in [2.75, 3.05) is 6.61 Å². The average molecular weight is 449 g/mol. The Morgan fingerprint density at radius 3 is 1.67 bits per heavy atom. The molecule has 2 aromatic rings. The minimum atomic E-state index is -0.423. The van der Waals surface area contributed by atoms with Crippen LogP contribution in [0.2, 0.25) is 0 Å². The molecule has 2 rings (SSSR count). The van der Waals surface area contributed by atoms with E-state index in [2.05, 4.69) is 13.8 Å². The molecule has 0 saturated carbocycles. The predicted molar refractivity (Wildman–Crippen MR) is 111 cm³/mol. The zero-order valence-corrected chi connectivity index (χ0v) is 20.8. The van der Waals surface area contributed by atoms with Crippen LogP contribution in [-0.2, 0) is 38.1 Å². The molecule has 0 aliphatic heterocycles. The largest absolute Gasteiger partial charge is 0.508 e. The first-order valence-corrected chi connectivity index (χ1v) is 9.64. The van der Waals surface area contributed by atoms with Gasteiger partial charge in [0.15, 0.2) is 0 Å². The van der Waals surface area contributed by atoms with Gasteiger partial charge in [0, 0.05) is 38.1 Å². The fourth-order valence-corrected chi connectivity index (χ4v) is 2.32. The van der Waals surface area contributed by atoms with Crippen molar-refractivity contribution in [1.82, 2.24) is 0 Å². The van der Waals surface area contributed by atoms with Gasteiger partial charge in [-0.3, -0.25) is 0 Å². The van der Waals surface area contributed by atoms with E-state index < -0.39 is 6.10 Å². The molecule has 2 N–H and O–H groups in total. The van der Waals surface area contributed by atoms with Crippen LogP contribution in [0.4, 0.5) is 0 Å². The molecule has 4 heteroatoms. The second-order valence-electron chi connectivity index (χ2n) is 6.07. The molecule has 0 amide bonds. The molecule has 0 aromatic heterocycles. The molecule has 1 radical (unpaired) electrons. The van der Waals surface area contributed by atoms with Crippen LogP contribution in [0.15, 0.2) is 48.5 Å². The summed E-state index contributed by atoms with van der Waals surface area (Å²) in [7, 11) is 0. The number of hydrogen-bond donors (Lipinski definition) is 2. The average Bonchev–Trinajstić information content (AvgIpc) is 2.70. The van der Waals surface area contributed by atoms with Gasteiger partial charge in [-0.15, -0.1) is 0 Å². The second kappa shape index (κ2) is 15.1. The predicted octanol–water partition coefficient (Wildman–Crippen LogP) is 5.92. The fraction of sp³-hybridized carbons (Fsp3) is 0.478. The van der Waals surface area contributed by atoms with Crippen LogP contribution in [0.25, 0.3) is 0 Å². The van der Waals surface area contributed by atoms with Gasteiger partial charge >= 0.3 is 0 Å². The van der Waals surface area contributed by atoms with E-state index in [9.17, 15) is 10.2 Å². The van der Waals surface area contributed by atoms with Gasteiger partial charge in [-0.2, -0.15) is 0 Å². The van der Waals surface area contributed by atoms with Crippen LogP contribution in [0.5, 0.6) is 11.5 Å². The molecule has 0 bridgehead atoms.